The van der Waals surface area contributed by atoms with Gasteiger partial charge in [-0.1, -0.05) is 17.7 Å². The predicted molar refractivity (Wildman–Crippen MR) is 114 cm³/mol. The van der Waals surface area contributed by atoms with Gasteiger partial charge in [-0.3, -0.25) is 4.79 Å². The van der Waals surface area contributed by atoms with Crippen molar-refractivity contribution in [1.82, 2.24) is 13.1 Å². The zero-order valence-electron chi connectivity index (χ0n) is 16.3. The van der Waals surface area contributed by atoms with Crippen LogP contribution in [0.5, 0.6) is 0 Å². The van der Waals surface area contributed by atoms with Crippen LogP contribution in [0.4, 0.5) is 18.9 Å². The third-order valence-corrected chi connectivity index (χ3v) is 7.93. The Balaban J connectivity index is 1.53. The molecule has 170 valence electrons. The maximum atomic E-state index is 13.2. The van der Waals surface area contributed by atoms with Gasteiger partial charge in [0.05, 0.1) is 28.2 Å². The fraction of sp³-hybridized carbons (Fsp3) is 0.316. The zero-order chi connectivity index (χ0) is 23.1. The highest BCUT2D eigenvalue weighted by Gasteiger charge is 2.36. The van der Waals surface area contributed by atoms with E-state index in [1.165, 1.54) is 16.4 Å². The minimum absolute atomic E-state index is 0.0114. The molecule has 1 fully saturated rings. The number of fused-ring (bicyclic) bond motifs is 1. The first-order valence-corrected chi connectivity index (χ1v) is 12.0. The molecule has 0 unspecified atom stereocenters. The summed E-state index contributed by atoms with van der Waals surface area (Å²) in [6.45, 7) is 0.126. The largest absolute Gasteiger partial charge is 0.417 e. The van der Waals surface area contributed by atoms with Crippen LogP contribution < -0.4 is 5.32 Å². The Bertz CT molecular complexity index is 1280. The van der Waals surface area contributed by atoms with Gasteiger partial charge in [0.25, 0.3) is 0 Å². The van der Waals surface area contributed by atoms with Crippen molar-refractivity contribution in [2.24, 2.45) is 5.92 Å². The molecular weight excluding hydrogens is 489 g/mol. The molecule has 2 aromatic carbocycles. The number of carbonyl (C=O) groups is 1. The Hall–Kier alpha value is -2.28. The van der Waals surface area contributed by atoms with Crippen LogP contribution in [0.1, 0.15) is 18.4 Å². The van der Waals surface area contributed by atoms with Crippen LogP contribution in [-0.2, 0) is 21.0 Å². The van der Waals surface area contributed by atoms with Crippen molar-refractivity contribution < 1.29 is 26.4 Å². The first-order chi connectivity index (χ1) is 15.1. The van der Waals surface area contributed by atoms with E-state index < -0.39 is 38.6 Å². The van der Waals surface area contributed by atoms with Crippen molar-refractivity contribution in [1.29, 1.82) is 0 Å². The van der Waals surface area contributed by atoms with E-state index in [-0.39, 0.29) is 29.2 Å². The third-order valence-electron chi connectivity index (χ3n) is 5.16. The van der Waals surface area contributed by atoms with Crippen LogP contribution in [0, 0.1) is 5.92 Å². The van der Waals surface area contributed by atoms with E-state index >= 15 is 0 Å². The number of hydrogen-bond acceptors (Lipinski definition) is 6. The predicted octanol–water partition coefficient (Wildman–Crippen LogP) is 4.40. The Morgan fingerprint density at radius 3 is 2.75 bits per heavy atom. The molecule has 1 aliphatic heterocycles. The molecule has 0 bridgehead atoms. The summed E-state index contributed by atoms with van der Waals surface area (Å²) in [6, 6.07) is 7.75. The van der Waals surface area contributed by atoms with Crippen molar-refractivity contribution in [2.45, 2.75) is 23.9 Å². The Labute approximate surface area is 190 Å². The molecule has 32 heavy (non-hydrogen) atoms. The highest BCUT2D eigenvalue weighted by molar-refractivity contribution is 7.89. The summed E-state index contributed by atoms with van der Waals surface area (Å²) in [6.07, 6.45) is -3.84. The van der Waals surface area contributed by atoms with Gasteiger partial charge in [0.2, 0.25) is 15.9 Å². The Morgan fingerprint density at radius 1 is 1.22 bits per heavy atom. The standard InChI is InChI=1S/C19H16ClF3N4O3S2/c20-14-7-6-12(9-13(14)19(21,22)23)24-18(28)11-3-2-8-27(10-11)32(29,30)16-5-1-4-15-17(16)26-31-25-15/h1,4-7,9,11H,2-3,8,10H2,(H,24,28)/t11-/m1/s1. The second kappa shape index (κ2) is 8.58. The van der Waals surface area contributed by atoms with Crippen LogP contribution >= 0.6 is 23.3 Å². The molecular formula is C19H16ClF3N4O3S2. The summed E-state index contributed by atoms with van der Waals surface area (Å²) >= 11 is 6.52. The van der Waals surface area contributed by atoms with E-state index in [2.05, 4.69) is 14.1 Å². The van der Waals surface area contributed by atoms with Gasteiger partial charge in [-0.15, -0.1) is 0 Å². The second-order valence-electron chi connectivity index (χ2n) is 7.27. The lowest BCUT2D eigenvalue weighted by Crippen LogP contribution is -2.43. The number of anilines is 1. The first-order valence-electron chi connectivity index (χ1n) is 9.46. The van der Waals surface area contributed by atoms with Crippen molar-refractivity contribution in [3.8, 4) is 0 Å². The van der Waals surface area contributed by atoms with Crippen LogP contribution in [0.3, 0.4) is 0 Å². The monoisotopic (exact) mass is 504 g/mol. The van der Waals surface area contributed by atoms with Gasteiger partial charge in [-0.05, 0) is 43.2 Å². The molecule has 3 aromatic rings. The number of rotatable bonds is 4. The molecule has 1 aliphatic rings. The van der Waals surface area contributed by atoms with Gasteiger partial charge in [-0.25, -0.2) is 8.42 Å². The van der Waals surface area contributed by atoms with Gasteiger partial charge < -0.3 is 5.32 Å². The molecule has 1 atom stereocenters. The minimum Gasteiger partial charge on any atom is -0.326 e. The van der Waals surface area contributed by atoms with Gasteiger partial charge in [-0.2, -0.15) is 26.2 Å². The Kier molecular flexibility index (Phi) is 6.14. The fourth-order valence-corrected chi connectivity index (χ4v) is 6.07. The molecule has 7 nitrogen and oxygen atoms in total. The molecule has 0 aliphatic carbocycles. The molecule has 1 N–H and O–H groups in total. The molecule has 0 radical (unpaired) electrons. The summed E-state index contributed by atoms with van der Waals surface area (Å²) in [5, 5.41) is 1.97. The molecule has 1 aromatic heterocycles. The van der Waals surface area contributed by atoms with E-state index in [0.29, 0.717) is 18.4 Å². The van der Waals surface area contributed by atoms with Crippen LogP contribution in [0.2, 0.25) is 5.02 Å². The third kappa shape index (κ3) is 4.45. The molecule has 2 heterocycles. The lowest BCUT2D eigenvalue weighted by atomic mass is 9.98. The van der Waals surface area contributed by atoms with Crippen molar-refractivity contribution >= 4 is 56.0 Å². The van der Waals surface area contributed by atoms with E-state index in [0.717, 1.165) is 23.9 Å². The minimum atomic E-state index is -4.67. The van der Waals surface area contributed by atoms with Crippen LogP contribution in [0.25, 0.3) is 11.0 Å². The summed E-state index contributed by atoms with van der Waals surface area (Å²) in [5.74, 6) is -1.29. The number of aromatic nitrogens is 2. The number of benzene rings is 2. The van der Waals surface area contributed by atoms with Gasteiger partial charge in [0, 0.05) is 18.8 Å². The number of piperidine rings is 1. The number of carbonyl (C=O) groups excluding carboxylic acids is 1. The normalized spacial score (nSPS) is 18.1. The van der Waals surface area contributed by atoms with E-state index in [1.807, 2.05) is 0 Å². The number of amides is 1. The number of alkyl halides is 3. The maximum Gasteiger partial charge on any atom is 0.417 e. The highest BCUT2D eigenvalue weighted by Crippen LogP contribution is 2.36. The topological polar surface area (TPSA) is 92.3 Å². The molecule has 0 spiro atoms. The zero-order valence-corrected chi connectivity index (χ0v) is 18.7. The SMILES string of the molecule is O=C(Nc1ccc(Cl)c(C(F)(F)F)c1)[C@@H]1CCCN(S(=O)(=O)c2cccc3nsnc23)C1. The number of sulfonamides is 1. The summed E-state index contributed by atoms with van der Waals surface area (Å²) in [4.78, 5) is 12.7. The smallest absolute Gasteiger partial charge is 0.326 e. The van der Waals surface area contributed by atoms with E-state index in [4.69, 9.17) is 11.6 Å². The average Bonchev–Trinajstić information content (AvgIpc) is 3.23. The molecule has 0 saturated carbocycles. The van der Waals surface area contributed by atoms with E-state index in [9.17, 15) is 26.4 Å². The summed E-state index contributed by atoms with van der Waals surface area (Å²) < 4.78 is 75.0. The maximum absolute atomic E-state index is 13.2. The highest BCUT2D eigenvalue weighted by atomic mass is 35.5. The van der Waals surface area contributed by atoms with Crippen molar-refractivity contribution in [2.75, 3.05) is 18.4 Å². The van der Waals surface area contributed by atoms with Crippen molar-refractivity contribution in [3.63, 3.8) is 0 Å². The quantitative estimate of drug-likeness (QED) is 0.568. The number of nitrogens with one attached hydrogen (secondary N) is 1. The number of halogens is 4. The molecule has 1 amide bonds. The van der Waals surface area contributed by atoms with E-state index in [1.54, 1.807) is 12.1 Å². The average molecular weight is 505 g/mol. The Morgan fingerprint density at radius 2 is 2.00 bits per heavy atom. The molecule has 1 saturated heterocycles. The number of hydrogen-bond donors (Lipinski definition) is 1. The summed E-state index contributed by atoms with van der Waals surface area (Å²) in [5.41, 5.74) is -0.393. The first kappa shape index (κ1) is 22.9. The number of nitrogens with zero attached hydrogens (tertiary/aromatic N) is 3. The molecule has 4 rings (SSSR count). The van der Waals surface area contributed by atoms with Crippen molar-refractivity contribution in [3.05, 3.63) is 47.0 Å². The van der Waals surface area contributed by atoms with Gasteiger partial charge >= 0.3 is 6.18 Å². The molecule has 13 heteroatoms. The van der Waals surface area contributed by atoms with Gasteiger partial charge in [0.15, 0.2) is 0 Å². The van der Waals surface area contributed by atoms with Crippen LogP contribution in [0.15, 0.2) is 41.3 Å². The lowest BCUT2D eigenvalue weighted by Gasteiger charge is -2.31. The van der Waals surface area contributed by atoms with Gasteiger partial charge in [0.1, 0.15) is 15.9 Å². The second-order valence-corrected chi connectivity index (χ2v) is 10.1. The lowest BCUT2D eigenvalue weighted by molar-refractivity contribution is -0.137. The van der Waals surface area contributed by atoms with Crippen LogP contribution in [-0.4, -0.2) is 40.5 Å². The fourth-order valence-electron chi connectivity index (χ4n) is 3.57. The summed E-state index contributed by atoms with van der Waals surface area (Å²) in [7, 11) is -3.94.